The Labute approximate surface area is 139 Å². The number of nitrogens with zero attached hydrogens (tertiary/aromatic N) is 1. The molecule has 126 valence electrons. The molecule has 2 unspecified atom stereocenters. The summed E-state index contributed by atoms with van der Waals surface area (Å²) < 4.78 is 0. The van der Waals surface area contributed by atoms with Crippen molar-refractivity contribution in [3.05, 3.63) is 35.9 Å². The van der Waals surface area contributed by atoms with E-state index in [1.54, 1.807) is 0 Å². The van der Waals surface area contributed by atoms with Crippen LogP contribution in [-0.4, -0.2) is 19.0 Å². The van der Waals surface area contributed by atoms with Crippen LogP contribution >= 0.6 is 0 Å². The lowest BCUT2D eigenvalue weighted by Crippen LogP contribution is -2.27. The normalized spacial score (nSPS) is 14.2. The molecule has 1 aromatic carbocycles. The van der Waals surface area contributed by atoms with Gasteiger partial charge in [-0.2, -0.15) is 0 Å². The van der Waals surface area contributed by atoms with Gasteiger partial charge in [-0.05, 0) is 38.4 Å². The average molecular weight is 304 g/mol. The first-order valence-corrected chi connectivity index (χ1v) is 9.42. The Morgan fingerprint density at radius 2 is 1.41 bits per heavy atom. The summed E-state index contributed by atoms with van der Waals surface area (Å²) in [4.78, 5) is 2.42. The van der Waals surface area contributed by atoms with Crippen molar-refractivity contribution in [2.45, 2.75) is 77.7 Å². The molecule has 0 saturated heterocycles. The topological polar surface area (TPSA) is 3.24 Å². The van der Waals surface area contributed by atoms with Gasteiger partial charge in [0.1, 0.15) is 0 Å². The molecule has 0 saturated carbocycles. The highest BCUT2D eigenvalue weighted by atomic mass is 15.1. The standard InChI is InChI=1S/C21H37N/c1-5-7-8-9-10-12-16-19(15-6-2)21(22(3)4)20-17-13-11-14-18-20/h11,13-14,17-19,21H,5-10,12,15-16H2,1-4H3. The fraction of sp³-hybridized carbons (Fsp3) is 0.714. The van der Waals surface area contributed by atoms with Crippen LogP contribution in [0.4, 0.5) is 0 Å². The zero-order valence-corrected chi connectivity index (χ0v) is 15.4. The van der Waals surface area contributed by atoms with Crippen molar-refractivity contribution in [3.63, 3.8) is 0 Å². The first-order valence-electron chi connectivity index (χ1n) is 9.42. The van der Waals surface area contributed by atoms with E-state index in [0.29, 0.717) is 6.04 Å². The largest absolute Gasteiger partial charge is 0.302 e. The van der Waals surface area contributed by atoms with Crippen LogP contribution in [-0.2, 0) is 0 Å². The molecule has 22 heavy (non-hydrogen) atoms. The molecule has 1 heteroatoms. The van der Waals surface area contributed by atoms with E-state index in [1.165, 1.54) is 63.4 Å². The fourth-order valence-corrected chi connectivity index (χ4v) is 3.66. The van der Waals surface area contributed by atoms with E-state index in [1.807, 2.05) is 0 Å². The quantitative estimate of drug-likeness (QED) is 0.401. The van der Waals surface area contributed by atoms with Gasteiger partial charge < -0.3 is 4.90 Å². The first kappa shape index (κ1) is 19.2. The van der Waals surface area contributed by atoms with Gasteiger partial charge in [0, 0.05) is 6.04 Å². The summed E-state index contributed by atoms with van der Waals surface area (Å²) in [6.45, 7) is 4.62. The van der Waals surface area contributed by atoms with Gasteiger partial charge in [0.25, 0.3) is 0 Å². The number of benzene rings is 1. The first-order chi connectivity index (χ1) is 10.7. The van der Waals surface area contributed by atoms with Crippen molar-refractivity contribution in [1.82, 2.24) is 4.90 Å². The molecule has 1 aromatic rings. The Bertz CT molecular complexity index is 357. The van der Waals surface area contributed by atoms with E-state index in [-0.39, 0.29) is 0 Å². The van der Waals surface area contributed by atoms with E-state index in [9.17, 15) is 0 Å². The molecule has 2 atom stereocenters. The van der Waals surface area contributed by atoms with E-state index < -0.39 is 0 Å². The van der Waals surface area contributed by atoms with E-state index in [4.69, 9.17) is 0 Å². The molecular weight excluding hydrogens is 266 g/mol. The van der Waals surface area contributed by atoms with Crippen LogP contribution < -0.4 is 0 Å². The Hall–Kier alpha value is -0.820. The minimum atomic E-state index is 0.566. The molecule has 0 aliphatic carbocycles. The minimum Gasteiger partial charge on any atom is -0.302 e. The summed E-state index contributed by atoms with van der Waals surface area (Å²) in [7, 11) is 4.48. The van der Waals surface area contributed by atoms with E-state index in [0.717, 1.165) is 5.92 Å². The van der Waals surface area contributed by atoms with Crippen LogP contribution in [0.2, 0.25) is 0 Å². The van der Waals surface area contributed by atoms with Crippen molar-refractivity contribution in [2.75, 3.05) is 14.1 Å². The Balaban J connectivity index is 2.57. The zero-order chi connectivity index (χ0) is 16.2. The molecule has 1 rings (SSSR count). The smallest absolute Gasteiger partial charge is 0.0370 e. The van der Waals surface area contributed by atoms with E-state index in [2.05, 4.69) is 63.2 Å². The Morgan fingerprint density at radius 1 is 0.773 bits per heavy atom. The third kappa shape index (κ3) is 6.96. The second-order valence-corrected chi connectivity index (χ2v) is 6.92. The summed E-state index contributed by atoms with van der Waals surface area (Å²) in [6, 6.07) is 11.7. The molecule has 0 aliphatic rings. The zero-order valence-electron chi connectivity index (χ0n) is 15.4. The lowest BCUT2D eigenvalue weighted by atomic mass is 9.84. The van der Waals surface area contributed by atoms with Gasteiger partial charge >= 0.3 is 0 Å². The maximum absolute atomic E-state index is 2.42. The molecular formula is C21H37N. The number of rotatable bonds is 12. The van der Waals surface area contributed by atoms with E-state index >= 15 is 0 Å². The Morgan fingerprint density at radius 3 is 2.00 bits per heavy atom. The molecule has 0 fully saturated rings. The molecule has 0 amide bonds. The number of hydrogen-bond acceptors (Lipinski definition) is 1. The van der Waals surface area contributed by atoms with Gasteiger partial charge in [-0.25, -0.2) is 0 Å². The molecule has 0 spiro atoms. The number of hydrogen-bond donors (Lipinski definition) is 0. The van der Waals surface area contributed by atoms with Crippen molar-refractivity contribution in [3.8, 4) is 0 Å². The second kappa shape index (κ2) is 11.7. The van der Waals surface area contributed by atoms with Crippen LogP contribution in [0.3, 0.4) is 0 Å². The van der Waals surface area contributed by atoms with Crippen molar-refractivity contribution < 1.29 is 0 Å². The van der Waals surface area contributed by atoms with Crippen LogP contribution in [0.25, 0.3) is 0 Å². The second-order valence-electron chi connectivity index (χ2n) is 6.92. The summed E-state index contributed by atoms with van der Waals surface area (Å²) in [5, 5.41) is 0. The lowest BCUT2D eigenvalue weighted by Gasteiger charge is -2.33. The molecule has 0 aliphatic heterocycles. The van der Waals surface area contributed by atoms with Crippen molar-refractivity contribution in [2.24, 2.45) is 5.92 Å². The maximum Gasteiger partial charge on any atom is 0.0370 e. The molecule has 0 aromatic heterocycles. The monoisotopic (exact) mass is 303 g/mol. The molecule has 0 bridgehead atoms. The summed E-state index contributed by atoms with van der Waals surface area (Å²) in [5.41, 5.74) is 1.48. The third-order valence-corrected chi connectivity index (χ3v) is 4.73. The molecule has 0 heterocycles. The predicted octanol–water partition coefficient (Wildman–Crippen LogP) is 6.46. The summed E-state index contributed by atoms with van der Waals surface area (Å²) in [5.74, 6) is 0.786. The van der Waals surface area contributed by atoms with Crippen LogP contribution in [0.1, 0.15) is 83.2 Å². The van der Waals surface area contributed by atoms with Gasteiger partial charge in [0.2, 0.25) is 0 Å². The molecule has 0 radical (unpaired) electrons. The van der Waals surface area contributed by atoms with Crippen LogP contribution in [0.5, 0.6) is 0 Å². The SMILES string of the molecule is CCCCCCCCC(CCC)C(c1ccccc1)N(C)C. The highest BCUT2D eigenvalue weighted by Crippen LogP contribution is 2.33. The lowest BCUT2D eigenvalue weighted by molar-refractivity contribution is 0.188. The van der Waals surface area contributed by atoms with Gasteiger partial charge in [0.05, 0.1) is 0 Å². The molecule has 0 N–H and O–H groups in total. The Kier molecular flexibility index (Phi) is 10.2. The van der Waals surface area contributed by atoms with Crippen LogP contribution in [0, 0.1) is 5.92 Å². The minimum absolute atomic E-state index is 0.566. The predicted molar refractivity (Wildman–Crippen MR) is 99.3 cm³/mol. The molecule has 1 nitrogen and oxygen atoms in total. The number of unbranched alkanes of at least 4 members (excludes halogenated alkanes) is 5. The summed E-state index contributed by atoms with van der Waals surface area (Å²) in [6.07, 6.45) is 12.4. The fourth-order valence-electron chi connectivity index (χ4n) is 3.66. The van der Waals surface area contributed by atoms with Crippen LogP contribution in [0.15, 0.2) is 30.3 Å². The third-order valence-electron chi connectivity index (χ3n) is 4.73. The average Bonchev–Trinajstić information content (AvgIpc) is 2.51. The maximum atomic E-state index is 2.42. The van der Waals surface area contributed by atoms with Gasteiger partial charge in [-0.1, -0.05) is 89.1 Å². The van der Waals surface area contributed by atoms with Crippen molar-refractivity contribution >= 4 is 0 Å². The van der Waals surface area contributed by atoms with Crippen molar-refractivity contribution in [1.29, 1.82) is 0 Å². The van der Waals surface area contributed by atoms with Gasteiger partial charge in [-0.15, -0.1) is 0 Å². The highest BCUT2D eigenvalue weighted by Gasteiger charge is 2.23. The summed E-state index contributed by atoms with van der Waals surface area (Å²) >= 11 is 0. The highest BCUT2D eigenvalue weighted by molar-refractivity contribution is 5.19. The van der Waals surface area contributed by atoms with Gasteiger partial charge in [0.15, 0.2) is 0 Å². The van der Waals surface area contributed by atoms with Gasteiger partial charge in [-0.3, -0.25) is 0 Å².